The Morgan fingerprint density at radius 3 is 2.08 bits per heavy atom. The first-order chi connectivity index (χ1) is 18.5. The van der Waals surface area contributed by atoms with E-state index in [0.29, 0.717) is 12.3 Å². The fraction of sp³-hybridized carbons (Fsp3) is 0.686. The molecule has 0 rings (SSSR count). The number of carbonyl (C=O) groups excluding carboxylic acids is 1. The molecule has 0 aliphatic heterocycles. The zero-order valence-corrected chi connectivity index (χ0v) is 28.8. The van der Waals surface area contributed by atoms with Crippen molar-refractivity contribution in [2.45, 2.75) is 131 Å². The first-order valence-corrected chi connectivity index (χ1v) is 18.3. The Morgan fingerprint density at radius 1 is 0.925 bits per heavy atom. The highest BCUT2D eigenvalue weighted by atomic mass is 28.4. The van der Waals surface area contributed by atoms with Gasteiger partial charge in [0.2, 0.25) is 0 Å². The van der Waals surface area contributed by atoms with E-state index in [1.54, 1.807) is 6.08 Å². The van der Waals surface area contributed by atoms with E-state index in [9.17, 15) is 15.0 Å². The summed E-state index contributed by atoms with van der Waals surface area (Å²) < 4.78 is 6.64. The van der Waals surface area contributed by atoms with E-state index in [4.69, 9.17) is 4.43 Å². The van der Waals surface area contributed by atoms with Gasteiger partial charge in [-0.05, 0) is 62.2 Å². The molecule has 0 aliphatic carbocycles. The van der Waals surface area contributed by atoms with Gasteiger partial charge in [0.05, 0.1) is 18.3 Å². The van der Waals surface area contributed by atoms with Gasteiger partial charge in [-0.3, -0.25) is 4.79 Å². The lowest BCUT2D eigenvalue weighted by Crippen LogP contribution is -2.43. The van der Waals surface area contributed by atoms with Crippen LogP contribution in [0.25, 0.3) is 0 Å². The zero-order chi connectivity index (χ0) is 31.1. The molecule has 0 aromatic carbocycles. The molecule has 0 aromatic heterocycles. The Hall–Kier alpha value is -1.53. The highest BCUT2D eigenvalue weighted by Crippen LogP contribution is 2.38. The summed E-state index contributed by atoms with van der Waals surface area (Å²) in [5, 5.41) is 21.4. The van der Waals surface area contributed by atoms with Gasteiger partial charge in [-0.2, -0.15) is 0 Å². The van der Waals surface area contributed by atoms with Crippen LogP contribution in [0.15, 0.2) is 59.8 Å². The summed E-state index contributed by atoms with van der Waals surface area (Å²) in [5.41, 5.74) is 2.40. The summed E-state index contributed by atoms with van der Waals surface area (Å²) in [7, 11) is -1.94. The number of aldehydes is 1. The quantitative estimate of drug-likeness (QED) is 0.0742. The molecular formula is C35H62O4Si. The molecule has 2 N–H and O–H groups in total. The minimum atomic E-state index is -1.94. The molecule has 0 spiro atoms. The van der Waals surface area contributed by atoms with Crippen molar-refractivity contribution in [3.05, 3.63) is 59.8 Å². The van der Waals surface area contributed by atoms with Gasteiger partial charge in [-0.25, -0.2) is 0 Å². The van der Waals surface area contributed by atoms with Crippen LogP contribution in [0.4, 0.5) is 0 Å². The third kappa shape index (κ3) is 14.4. The molecule has 0 aliphatic rings. The first kappa shape index (κ1) is 38.5. The van der Waals surface area contributed by atoms with Crippen molar-refractivity contribution >= 4 is 14.6 Å². The third-order valence-electron chi connectivity index (χ3n) is 8.52. The number of aliphatic hydroxyl groups is 2. The molecule has 7 atom stereocenters. The SMILES string of the molecule is CCC(=C/[C@H](C)C/C=C/C(C)=C/[C@@H](C)[C@@H](O)[C@@H](C)[C@H](O)[C@@H](C)CC)/C=C/[C@@H](C/C=C/C=O)O[Si](C)(C)C(C)(C)C. The van der Waals surface area contributed by atoms with Gasteiger partial charge >= 0.3 is 0 Å². The third-order valence-corrected chi connectivity index (χ3v) is 13.0. The van der Waals surface area contributed by atoms with Crippen LogP contribution in [-0.2, 0) is 9.22 Å². The van der Waals surface area contributed by atoms with Gasteiger partial charge in [-0.15, -0.1) is 0 Å². The van der Waals surface area contributed by atoms with E-state index in [-0.39, 0.29) is 28.9 Å². The van der Waals surface area contributed by atoms with E-state index in [1.165, 1.54) is 5.57 Å². The summed E-state index contributed by atoms with van der Waals surface area (Å²) in [5.74, 6) is 0.355. The highest BCUT2D eigenvalue weighted by molar-refractivity contribution is 6.74. The fourth-order valence-corrected chi connectivity index (χ4v) is 5.71. The second-order valence-corrected chi connectivity index (χ2v) is 18.0. The molecule has 0 fully saturated rings. The van der Waals surface area contributed by atoms with E-state index in [2.05, 4.69) is 98.0 Å². The molecule has 0 radical (unpaired) electrons. The van der Waals surface area contributed by atoms with Crippen molar-refractivity contribution in [3.63, 3.8) is 0 Å². The van der Waals surface area contributed by atoms with Gasteiger partial charge in [0.1, 0.15) is 6.29 Å². The number of carbonyl (C=O) groups is 1. The van der Waals surface area contributed by atoms with Crippen LogP contribution in [0.1, 0.15) is 94.9 Å². The van der Waals surface area contributed by atoms with Crippen LogP contribution in [0.5, 0.6) is 0 Å². The Kier molecular flexibility index (Phi) is 18.1. The van der Waals surface area contributed by atoms with Gasteiger partial charge in [0.25, 0.3) is 0 Å². The van der Waals surface area contributed by atoms with Crippen molar-refractivity contribution in [1.82, 2.24) is 0 Å². The topological polar surface area (TPSA) is 66.8 Å². The molecule has 0 saturated heterocycles. The maximum absolute atomic E-state index is 10.8. The summed E-state index contributed by atoms with van der Waals surface area (Å²) in [6.45, 7) is 25.8. The van der Waals surface area contributed by atoms with Gasteiger partial charge in [0.15, 0.2) is 8.32 Å². The van der Waals surface area contributed by atoms with Crippen LogP contribution >= 0.6 is 0 Å². The van der Waals surface area contributed by atoms with Crippen LogP contribution in [0.2, 0.25) is 18.1 Å². The summed E-state index contributed by atoms with van der Waals surface area (Å²) >= 11 is 0. The van der Waals surface area contributed by atoms with E-state index >= 15 is 0 Å². The number of hydrogen-bond donors (Lipinski definition) is 2. The van der Waals surface area contributed by atoms with Crippen molar-refractivity contribution < 1.29 is 19.4 Å². The molecule has 40 heavy (non-hydrogen) atoms. The summed E-state index contributed by atoms with van der Waals surface area (Å²) in [4.78, 5) is 10.8. The highest BCUT2D eigenvalue weighted by Gasteiger charge is 2.38. The Labute approximate surface area is 248 Å². The maximum Gasteiger partial charge on any atom is 0.192 e. The molecule has 0 saturated carbocycles. The summed E-state index contributed by atoms with van der Waals surface area (Å²) in [6.07, 6.45) is 19.7. The zero-order valence-electron chi connectivity index (χ0n) is 27.8. The smallest absolute Gasteiger partial charge is 0.192 e. The number of rotatable bonds is 18. The monoisotopic (exact) mass is 574 g/mol. The lowest BCUT2D eigenvalue weighted by atomic mass is 9.83. The molecule has 5 heteroatoms. The summed E-state index contributed by atoms with van der Waals surface area (Å²) in [6, 6.07) is 0. The minimum absolute atomic E-state index is 0.0321. The van der Waals surface area contributed by atoms with E-state index < -0.39 is 20.5 Å². The standard InChI is InChI=1S/C35H62O4Si/c1-13-28(5)33(37)30(7)34(38)29(6)24-26(3)18-17-19-27(4)25-31(14-2)21-22-32(20-15-16-23-36)39-40(11,12)35(8,9)10/h15-18,21-25,27-30,32-34,37-38H,13-14,19-20H2,1-12H3/b16-15+,18-17+,22-21+,26-24+,31-25-/t27-,28+,29-,30+,32-,33-,34-/m1/s1. The molecule has 0 aromatic rings. The predicted molar refractivity (Wildman–Crippen MR) is 176 cm³/mol. The van der Waals surface area contributed by atoms with Gasteiger partial charge in [0, 0.05) is 11.8 Å². The Morgan fingerprint density at radius 2 is 1.55 bits per heavy atom. The Bertz CT molecular complexity index is 874. The largest absolute Gasteiger partial charge is 0.410 e. The normalized spacial score (nSPS) is 19.6. The van der Waals surface area contributed by atoms with Crippen LogP contribution in [0.3, 0.4) is 0 Å². The second kappa shape index (κ2) is 18.8. The second-order valence-electron chi connectivity index (χ2n) is 13.3. The average Bonchev–Trinajstić information content (AvgIpc) is 2.88. The molecule has 230 valence electrons. The van der Waals surface area contributed by atoms with Gasteiger partial charge < -0.3 is 14.6 Å². The van der Waals surface area contributed by atoms with Crippen molar-refractivity contribution in [2.24, 2.45) is 23.7 Å². The molecule has 0 amide bonds. The average molecular weight is 575 g/mol. The lowest BCUT2D eigenvalue weighted by Gasteiger charge is -2.38. The van der Waals surface area contributed by atoms with Crippen molar-refractivity contribution in [1.29, 1.82) is 0 Å². The molecule has 0 bridgehead atoms. The van der Waals surface area contributed by atoms with Crippen LogP contribution < -0.4 is 0 Å². The van der Waals surface area contributed by atoms with Crippen LogP contribution in [-0.4, -0.2) is 43.1 Å². The predicted octanol–water partition coefficient (Wildman–Crippen LogP) is 8.98. The first-order valence-electron chi connectivity index (χ1n) is 15.4. The number of aliphatic hydroxyl groups excluding tert-OH is 2. The molecule has 4 nitrogen and oxygen atoms in total. The maximum atomic E-state index is 10.8. The van der Waals surface area contributed by atoms with E-state index in [1.807, 2.05) is 26.8 Å². The Balaban J connectivity index is 5.35. The molecule has 0 unspecified atom stereocenters. The van der Waals surface area contributed by atoms with Gasteiger partial charge in [-0.1, -0.05) is 122 Å². The fourth-order valence-electron chi connectivity index (χ4n) is 4.42. The lowest BCUT2D eigenvalue weighted by molar-refractivity contribution is -0.104. The molecule has 0 heterocycles. The molecular weight excluding hydrogens is 512 g/mol. The van der Waals surface area contributed by atoms with Crippen LogP contribution in [0, 0.1) is 23.7 Å². The van der Waals surface area contributed by atoms with E-state index in [0.717, 1.165) is 31.1 Å². The number of hydrogen-bond acceptors (Lipinski definition) is 4. The van der Waals surface area contributed by atoms with Crippen molar-refractivity contribution in [3.8, 4) is 0 Å². The number of allylic oxidation sites excluding steroid dienone is 7. The van der Waals surface area contributed by atoms with Crippen molar-refractivity contribution in [2.75, 3.05) is 0 Å². The minimum Gasteiger partial charge on any atom is -0.410 e.